The summed E-state index contributed by atoms with van der Waals surface area (Å²) in [5.41, 5.74) is 1.33. The van der Waals surface area contributed by atoms with Crippen LogP contribution in [0.25, 0.3) is 0 Å². The number of rotatable bonds is 5. The molecule has 1 aromatic heterocycles. The van der Waals surface area contributed by atoms with Crippen LogP contribution in [0.15, 0.2) is 12.3 Å². The van der Waals surface area contributed by atoms with Crippen molar-refractivity contribution in [2.75, 3.05) is 6.54 Å². The Morgan fingerprint density at radius 1 is 1.33 bits per heavy atom. The molecule has 0 spiro atoms. The smallest absolute Gasteiger partial charge is 0.0550 e. The van der Waals surface area contributed by atoms with Crippen LogP contribution in [-0.2, 0) is 7.05 Å². The van der Waals surface area contributed by atoms with Crippen molar-refractivity contribution in [3.63, 3.8) is 0 Å². The van der Waals surface area contributed by atoms with Gasteiger partial charge in [0.1, 0.15) is 0 Å². The first-order valence-corrected chi connectivity index (χ1v) is 7.52. The molecule has 1 aromatic rings. The molecule has 3 nitrogen and oxygen atoms in total. The fraction of sp³-hybridized carbons (Fsp3) is 0.800. The first kappa shape index (κ1) is 13.6. The van der Waals surface area contributed by atoms with Crippen molar-refractivity contribution in [2.24, 2.45) is 13.0 Å². The van der Waals surface area contributed by atoms with Gasteiger partial charge in [-0.3, -0.25) is 4.68 Å². The van der Waals surface area contributed by atoms with E-state index < -0.39 is 0 Å². The van der Waals surface area contributed by atoms with Crippen LogP contribution in [0.2, 0.25) is 0 Å². The highest BCUT2D eigenvalue weighted by Crippen LogP contribution is 2.30. The van der Waals surface area contributed by atoms with Gasteiger partial charge in [0.2, 0.25) is 0 Å². The van der Waals surface area contributed by atoms with E-state index in [2.05, 4.69) is 23.4 Å². The molecule has 0 amide bonds. The second-order valence-electron chi connectivity index (χ2n) is 5.58. The molecule has 1 fully saturated rings. The molecule has 3 heteroatoms. The van der Waals surface area contributed by atoms with Gasteiger partial charge in [0.05, 0.1) is 5.69 Å². The predicted octanol–water partition coefficient (Wildman–Crippen LogP) is 3.43. The Morgan fingerprint density at radius 3 is 2.61 bits per heavy atom. The topological polar surface area (TPSA) is 29.9 Å². The summed E-state index contributed by atoms with van der Waals surface area (Å²) in [6, 6.07) is 2.63. The van der Waals surface area contributed by atoms with Crippen LogP contribution in [0.1, 0.15) is 63.6 Å². The highest BCUT2D eigenvalue weighted by atomic mass is 15.3. The highest BCUT2D eigenvalue weighted by Gasteiger charge is 2.20. The molecule has 1 unspecified atom stereocenters. The molecule has 2 rings (SSSR count). The molecule has 1 atom stereocenters. The van der Waals surface area contributed by atoms with Crippen LogP contribution in [0, 0.1) is 5.92 Å². The van der Waals surface area contributed by atoms with Crippen molar-refractivity contribution in [2.45, 2.75) is 57.9 Å². The lowest BCUT2D eigenvalue weighted by molar-refractivity contribution is 0.349. The highest BCUT2D eigenvalue weighted by molar-refractivity contribution is 5.06. The average molecular weight is 249 g/mol. The SMILES string of the molecule is CCNC(CC1CCCCCC1)c1ccnn1C. The molecule has 0 radical (unpaired) electrons. The van der Waals surface area contributed by atoms with E-state index in [4.69, 9.17) is 0 Å². The van der Waals surface area contributed by atoms with Gasteiger partial charge in [0.15, 0.2) is 0 Å². The lowest BCUT2D eigenvalue weighted by Gasteiger charge is -2.23. The molecule has 1 N–H and O–H groups in total. The van der Waals surface area contributed by atoms with Crippen LogP contribution < -0.4 is 5.32 Å². The van der Waals surface area contributed by atoms with Crippen molar-refractivity contribution in [3.05, 3.63) is 18.0 Å². The van der Waals surface area contributed by atoms with Gasteiger partial charge in [-0.1, -0.05) is 45.4 Å². The average Bonchev–Trinajstić information content (AvgIpc) is 2.63. The Bertz CT molecular complexity index is 337. The molecule has 0 saturated heterocycles. The van der Waals surface area contributed by atoms with Gasteiger partial charge < -0.3 is 5.32 Å². The molecule has 18 heavy (non-hydrogen) atoms. The maximum absolute atomic E-state index is 4.31. The summed E-state index contributed by atoms with van der Waals surface area (Å²) < 4.78 is 2.02. The van der Waals surface area contributed by atoms with Crippen LogP contribution in [0.4, 0.5) is 0 Å². The molecule has 1 heterocycles. The molecular weight excluding hydrogens is 222 g/mol. The lowest BCUT2D eigenvalue weighted by Crippen LogP contribution is -2.25. The van der Waals surface area contributed by atoms with E-state index in [0.29, 0.717) is 6.04 Å². The van der Waals surface area contributed by atoms with Crippen molar-refractivity contribution in [1.29, 1.82) is 0 Å². The third-order valence-electron chi connectivity index (χ3n) is 4.21. The third kappa shape index (κ3) is 3.58. The van der Waals surface area contributed by atoms with Crippen LogP contribution in [0.5, 0.6) is 0 Å². The van der Waals surface area contributed by atoms with Crippen LogP contribution in [0.3, 0.4) is 0 Å². The summed E-state index contributed by atoms with van der Waals surface area (Å²) in [4.78, 5) is 0. The van der Waals surface area contributed by atoms with Gasteiger partial charge in [-0.2, -0.15) is 5.10 Å². The standard InChI is InChI=1S/C15H27N3/c1-3-16-14(15-10-11-17-18(15)2)12-13-8-6-4-5-7-9-13/h10-11,13-14,16H,3-9,12H2,1-2H3. The Labute approximate surface area is 111 Å². The third-order valence-corrected chi connectivity index (χ3v) is 4.21. The molecule has 1 saturated carbocycles. The number of aryl methyl sites for hydroxylation is 1. The number of aromatic nitrogens is 2. The largest absolute Gasteiger partial charge is 0.309 e. The molecule has 0 aliphatic heterocycles. The van der Waals surface area contributed by atoms with Gasteiger partial charge >= 0.3 is 0 Å². The maximum Gasteiger partial charge on any atom is 0.0550 e. The Kier molecular flexibility index (Phi) is 5.24. The quantitative estimate of drug-likeness (QED) is 0.810. The maximum atomic E-state index is 4.31. The van der Waals surface area contributed by atoms with Crippen molar-refractivity contribution >= 4 is 0 Å². The fourth-order valence-electron chi connectivity index (χ4n) is 3.21. The number of nitrogens with one attached hydrogen (secondary N) is 1. The summed E-state index contributed by atoms with van der Waals surface area (Å²) in [7, 11) is 2.05. The molecule has 0 bridgehead atoms. The van der Waals surface area contributed by atoms with E-state index in [-0.39, 0.29) is 0 Å². The zero-order valence-corrected chi connectivity index (χ0v) is 11.9. The lowest BCUT2D eigenvalue weighted by atomic mass is 9.91. The van der Waals surface area contributed by atoms with Gasteiger partial charge in [-0.05, 0) is 24.9 Å². The van der Waals surface area contributed by atoms with Gasteiger partial charge in [-0.25, -0.2) is 0 Å². The number of nitrogens with zero attached hydrogens (tertiary/aromatic N) is 2. The molecule has 1 aliphatic carbocycles. The second kappa shape index (κ2) is 6.93. The Morgan fingerprint density at radius 2 is 2.06 bits per heavy atom. The van der Waals surface area contributed by atoms with Crippen LogP contribution >= 0.6 is 0 Å². The second-order valence-corrected chi connectivity index (χ2v) is 5.58. The first-order chi connectivity index (χ1) is 8.81. The van der Waals surface area contributed by atoms with Crippen molar-refractivity contribution in [3.8, 4) is 0 Å². The van der Waals surface area contributed by atoms with E-state index >= 15 is 0 Å². The Balaban J connectivity index is 1.99. The summed E-state index contributed by atoms with van der Waals surface area (Å²) >= 11 is 0. The zero-order chi connectivity index (χ0) is 12.8. The van der Waals surface area contributed by atoms with Crippen LogP contribution in [-0.4, -0.2) is 16.3 Å². The normalized spacial score (nSPS) is 19.7. The molecule has 1 aliphatic rings. The van der Waals surface area contributed by atoms with E-state index in [1.165, 1.54) is 50.6 Å². The van der Waals surface area contributed by atoms with E-state index in [1.807, 2.05) is 17.9 Å². The number of hydrogen-bond donors (Lipinski definition) is 1. The predicted molar refractivity (Wildman–Crippen MR) is 75.4 cm³/mol. The monoisotopic (exact) mass is 249 g/mol. The minimum absolute atomic E-state index is 0.477. The van der Waals surface area contributed by atoms with Gasteiger partial charge in [0.25, 0.3) is 0 Å². The summed E-state index contributed by atoms with van der Waals surface area (Å²) in [6.45, 7) is 3.22. The van der Waals surface area contributed by atoms with Crippen molar-refractivity contribution in [1.82, 2.24) is 15.1 Å². The van der Waals surface area contributed by atoms with E-state index in [1.54, 1.807) is 0 Å². The summed E-state index contributed by atoms with van der Waals surface area (Å²) in [5, 5.41) is 7.94. The van der Waals surface area contributed by atoms with Gasteiger partial charge in [-0.15, -0.1) is 0 Å². The van der Waals surface area contributed by atoms with Gasteiger partial charge in [0, 0.05) is 19.3 Å². The van der Waals surface area contributed by atoms with E-state index in [9.17, 15) is 0 Å². The molecule has 0 aromatic carbocycles. The molecular formula is C15H27N3. The Hall–Kier alpha value is -0.830. The number of hydrogen-bond acceptors (Lipinski definition) is 2. The van der Waals surface area contributed by atoms with Crippen molar-refractivity contribution < 1.29 is 0 Å². The summed E-state index contributed by atoms with van der Waals surface area (Å²) in [5.74, 6) is 0.895. The minimum Gasteiger partial charge on any atom is -0.309 e. The first-order valence-electron chi connectivity index (χ1n) is 7.52. The fourth-order valence-corrected chi connectivity index (χ4v) is 3.21. The molecule has 102 valence electrons. The van der Waals surface area contributed by atoms with E-state index in [0.717, 1.165) is 12.5 Å². The summed E-state index contributed by atoms with van der Waals surface area (Å²) in [6.07, 6.45) is 11.7. The zero-order valence-electron chi connectivity index (χ0n) is 11.9. The minimum atomic E-state index is 0.477.